The highest BCUT2D eigenvalue weighted by molar-refractivity contribution is 8.04. The molecule has 0 amide bonds. The molecule has 148 valence electrons. The van der Waals surface area contributed by atoms with E-state index in [4.69, 9.17) is 0 Å². The van der Waals surface area contributed by atoms with Crippen LogP contribution in [-0.4, -0.2) is 11.5 Å². The lowest BCUT2D eigenvalue weighted by Gasteiger charge is -2.22. The summed E-state index contributed by atoms with van der Waals surface area (Å²) in [6, 6.07) is 25.5. The molecule has 1 aliphatic heterocycles. The average molecular weight is 411 g/mol. The van der Waals surface area contributed by atoms with E-state index in [1.165, 1.54) is 32.1 Å². The van der Waals surface area contributed by atoms with Crippen LogP contribution in [0.1, 0.15) is 18.9 Å². The van der Waals surface area contributed by atoms with Gasteiger partial charge in [-0.25, -0.2) is 4.57 Å². The fourth-order valence-electron chi connectivity index (χ4n) is 4.07. The van der Waals surface area contributed by atoms with E-state index in [1.807, 2.05) is 18.0 Å². The summed E-state index contributed by atoms with van der Waals surface area (Å²) in [5, 5.41) is 2.53. The van der Waals surface area contributed by atoms with E-state index in [0.717, 1.165) is 25.0 Å². The standard InChI is InChI=1S/C26H24N3S/c1-20(21-14-15-27-23-11-4-3-10-22(21)23)26-29(24-12-5-6-13-25(24)30-26)19-9-18-28-16-7-2-8-17-28/h2-8,10-17H,9,18-19H2,1H3/q+1. The van der Waals surface area contributed by atoms with Crippen molar-refractivity contribution in [2.24, 2.45) is 0 Å². The van der Waals surface area contributed by atoms with Crippen LogP contribution in [0.5, 0.6) is 0 Å². The summed E-state index contributed by atoms with van der Waals surface area (Å²) >= 11 is 1.88. The van der Waals surface area contributed by atoms with Gasteiger partial charge in [0.05, 0.1) is 16.2 Å². The molecule has 0 N–H and O–H groups in total. The van der Waals surface area contributed by atoms with Gasteiger partial charge in [0.2, 0.25) is 0 Å². The summed E-state index contributed by atoms with van der Waals surface area (Å²) in [5.41, 5.74) is 4.93. The molecule has 0 spiro atoms. The molecule has 0 saturated carbocycles. The Labute approximate surface area is 181 Å². The van der Waals surface area contributed by atoms with Gasteiger partial charge in [-0.3, -0.25) is 4.98 Å². The molecule has 4 heteroatoms. The molecule has 4 aromatic rings. The molecule has 2 aromatic heterocycles. The van der Waals surface area contributed by atoms with Crippen molar-refractivity contribution in [3.63, 3.8) is 0 Å². The quantitative estimate of drug-likeness (QED) is 0.381. The largest absolute Gasteiger partial charge is 0.335 e. The number of nitrogens with zero attached hydrogens (tertiary/aromatic N) is 3. The van der Waals surface area contributed by atoms with Crippen LogP contribution in [0.15, 0.2) is 101 Å². The molecule has 3 heterocycles. The topological polar surface area (TPSA) is 20.0 Å². The SMILES string of the molecule is CC(=C1Sc2ccccc2N1CCC[n+]1ccccc1)c1ccnc2ccccc12. The second-order valence-corrected chi connectivity index (χ2v) is 8.52. The molecule has 30 heavy (non-hydrogen) atoms. The summed E-state index contributed by atoms with van der Waals surface area (Å²) in [4.78, 5) is 8.37. The van der Waals surface area contributed by atoms with Crippen molar-refractivity contribution in [2.75, 3.05) is 11.4 Å². The molecule has 0 atom stereocenters. The Hall–Kier alpha value is -3.11. The minimum atomic E-state index is 0.988. The molecule has 5 rings (SSSR count). The van der Waals surface area contributed by atoms with Crippen LogP contribution >= 0.6 is 11.8 Å². The molecular weight excluding hydrogens is 386 g/mol. The summed E-state index contributed by atoms with van der Waals surface area (Å²) in [7, 11) is 0. The average Bonchev–Trinajstić information content (AvgIpc) is 3.17. The Morgan fingerprint density at radius 1 is 0.933 bits per heavy atom. The van der Waals surface area contributed by atoms with Gasteiger partial charge in [0.15, 0.2) is 12.4 Å². The second-order valence-electron chi connectivity index (χ2n) is 7.49. The lowest BCUT2D eigenvalue weighted by molar-refractivity contribution is -0.697. The van der Waals surface area contributed by atoms with E-state index in [-0.39, 0.29) is 0 Å². The van der Waals surface area contributed by atoms with Crippen molar-refractivity contribution < 1.29 is 4.57 Å². The third-order valence-electron chi connectivity index (χ3n) is 5.56. The van der Waals surface area contributed by atoms with E-state index in [1.54, 1.807) is 0 Å². The molecule has 0 fully saturated rings. The van der Waals surface area contributed by atoms with E-state index in [9.17, 15) is 0 Å². The van der Waals surface area contributed by atoms with Gasteiger partial charge in [-0.1, -0.05) is 48.2 Å². The van der Waals surface area contributed by atoms with Crippen LogP contribution in [0.25, 0.3) is 16.5 Å². The van der Waals surface area contributed by atoms with Gasteiger partial charge in [-0.2, -0.15) is 0 Å². The lowest BCUT2D eigenvalue weighted by Crippen LogP contribution is -2.34. The van der Waals surface area contributed by atoms with Gasteiger partial charge in [0.25, 0.3) is 0 Å². The predicted octanol–water partition coefficient (Wildman–Crippen LogP) is 5.91. The van der Waals surface area contributed by atoms with Gasteiger partial charge in [0, 0.05) is 41.6 Å². The number of allylic oxidation sites excluding steroid dienone is 1. The number of aryl methyl sites for hydroxylation is 1. The van der Waals surface area contributed by atoms with Crippen molar-refractivity contribution in [1.82, 2.24) is 4.98 Å². The number of anilines is 1. The molecule has 0 aliphatic carbocycles. The van der Waals surface area contributed by atoms with E-state index < -0.39 is 0 Å². The first kappa shape index (κ1) is 18.9. The number of fused-ring (bicyclic) bond motifs is 2. The Bertz CT molecular complexity index is 1210. The summed E-state index contributed by atoms with van der Waals surface area (Å²) in [6.07, 6.45) is 7.28. The molecule has 0 unspecified atom stereocenters. The van der Waals surface area contributed by atoms with Gasteiger partial charge < -0.3 is 4.90 Å². The molecule has 1 aliphatic rings. The van der Waals surface area contributed by atoms with Gasteiger partial charge in [0.1, 0.15) is 6.54 Å². The molecule has 0 radical (unpaired) electrons. The van der Waals surface area contributed by atoms with Crippen molar-refractivity contribution in [3.05, 3.63) is 102 Å². The number of hydrogen-bond acceptors (Lipinski definition) is 3. The summed E-state index contributed by atoms with van der Waals surface area (Å²) in [5.74, 6) is 0. The van der Waals surface area contributed by atoms with Crippen molar-refractivity contribution in [2.45, 2.75) is 24.8 Å². The Balaban J connectivity index is 1.50. The molecule has 0 saturated heterocycles. The second kappa shape index (κ2) is 8.33. The number of aromatic nitrogens is 2. The first-order valence-corrected chi connectivity index (χ1v) is 11.2. The number of benzene rings is 2. The number of thioether (sulfide) groups is 1. The van der Waals surface area contributed by atoms with Gasteiger partial charge in [-0.15, -0.1) is 0 Å². The van der Waals surface area contributed by atoms with E-state index in [2.05, 4.69) is 107 Å². The highest BCUT2D eigenvalue weighted by Gasteiger charge is 2.27. The summed E-state index contributed by atoms with van der Waals surface area (Å²) < 4.78 is 2.25. The zero-order chi connectivity index (χ0) is 20.3. The predicted molar refractivity (Wildman–Crippen MR) is 125 cm³/mol. The normalized spacial score (nSPS) is 14.8. The highest BCUT2D eigenvalue weighted by atomic mass is 32.2. The first-order valence-electron chi connectivity index (χ1n) is 10.3. The fraction of sp³-hybridized carbons (Fsp3) is 0.154. The van der Waals surface area contributed by atoms with Gasteiger partial charge >= 0.3 is 0 Å². The third-order valence-corrected chi connectivity index (χ3v) is 6.84. The molecule has 0 bridgehead atoms. The van der Waals surface area contributed by atoms with Crippen LogP contribution < -0.4 is 9.47 Å². The van der Waals surface area contributed by atoms with E-state index in [0.29, 0.717) is 0 Å². The van der Waals surface area contributed by atoms with Crippen LogP contribution in [0, 0.1) is 0 Å². The zero-order valence-corrected chi connectivity index (χ0v) is 17.8. The summed E-state index contributed by atoms with van der Waals surface area (Å²) in [6.45, 7) is 4.24. The Morgan fingerprint density at radius 2 is 1.73 bits per heavy atom. The van der Waals surface area contributed by atoms with Crippen LogP contribution in [0.2, 0.25) is 0 Å². The number of hydrogen-bond donors (Lipinski definition) is 0. The third kappa shape index (κ3) is 3.59. The van der Waals surface area contributed by atoms with Crippen LogP contribution in [-0.2, 0) is 6.54 Å². The minimum absolute atomic E-state index is 0.988. The number of rotatable bonds is 5. The fourth-order valence-corrected chi connectivity index (χ4v) is 5.27. The van der Waals surface area contributed by atoms with Gasteiger partial charge in [-0.05, 0) is 42.3 Å². The van der Waals surface area contributed by atoms with Crippen molar-refractivity contribution in [1.29, 1.82) is 0 Å². The maximum Gasteiger partial charge on any atom is 0.168 e. The maximum atomic E-state index is 4.55. The first-order chi connectivity index (χ1) is 14.8. The van der Waals surface area contributed by atoms with Crippen LogP contribution in [0.3, 0.4) is 0 Å². The van der Waals surface area contributed by atoms with Crippen molar-refractivity contribution >= 4 is 33.9 Å². The maximum absolute atomic E-state index is 4.55. The van der Waals surface area contributed by atoms with Crippen molar-refractivity contribution in [3.8, 4) is 0 Å². The Kier molecular flexibility index (Phi) is 5.24. The number of para-hydroxylation sites is 2. The monoisotopic (exact) mass is 410 g/mol. The van der Waals surface area contributed by atoms with Crippen LogP contribution in [0.4, 0.5) is 5.69 Å². The number of pyridine rings is 2. The molecule has 2 aromatic carbocycles. The highest BCUT2D eigenvalue weighted by Crippen LogP contribution is 2.48. The van der Waals surface area contributed by atoms with E-state index >= 15 is 0 Å². The molecular formula is C26H24N3S+. The molecule has 3 nitrogen and oxygen atoms in total. The lowest BCUT2D eigenvalue weighted by atomic mass is 10.0. The smallest absolute Gasteiger partial charge is 0.168 e. The minimum Gasteiger partial charge on any atom is -0.335 e. The zero-order valence-electron chi connectivity index (χ0n) is 17.0. The Morgan fingerprint density at radius 3 is 2.63 bits per heavy atom.